The molecule has 1 rings (SSSR count). The van der Waals surface area contributed by atoms with E-state index in [9.17, 15) is 0 Å². The van der Waals surface area contributed by atoms with Crippen molar-refractivity contribution >= 4 is 8.07 Å². The SMILES string of the molecule is C=C([CH2][Ti][CH]1C=CC=C1)C[Si](C)(C)C. The Kier molecular flexibility index (Phi) is 4.62. The van der Waals surface area contributed by atoms with Crippen molar-refractivity contribution in [1.82, 2.24) is 0 Å². The van der Waals surface area contributed by atoms with Gasteiger partial charge in [0.1, 0.15) is 0 Å². The van der Waals surface area contributed by atoms with Gasteiger partial charge in [-0.05, 0) is 0 Å². The fourth-order valence-electron chi connectivity index (χ4n) is 1.64. The molecule has 0 saturated heterocycles. The first-order valence-corrected chi connectivity index (χ1v) is 10.9. The van der Waals surface area contributed by atoms with Gasteiger partial charge in [-0.1, -0.05) is 0 Å². The second-order valence-corrected chi connectivity index (χ2v) is 12.9. The Morgan fingerprint density at radius 1 is 1.29 bits per heavy atom. The van der Waals surface area contributed by atoms with Gasteiger partial charge in [0, 0.05) is 0 Å². The summed E-state index contributed by atoms with van der Waals surface area (Å²) in [6.45, 7) is 11.5. The van der Waals surface area contributed by atoms with E-state index in [-0.39, 0.29) is 19.2 Å². The molecule has 14 heavy (non-hydrogen) atoms. The van der Waals surface area contributed by atoms with Crippen molar-refractivity contribution in [2.24, 2.45) is 0 Å². The summed E-state index contributed by atoms with van der Waals surface area (Å²) in [4.78, 5) is 0. The van der Waals surface area contributed by atoms with Crippen LogP contribution in [0.15, 0.2) is 36.5 Å². The second kappa shape index (κ2) is 5.29. The van der Waals surface area contributed by atoms with Crippen LogP contribution < -0.4 is 0 Å². The van der Waals surface area contributed by atoms with E-state index in [2.05, 4.69) is 50.5 Å². The summed E-state index contributed by atoms with van der Waals surface area (Å²) >= 11 is 0.143. The van der Waals surface area contributed by atoms with Crippen LogP contribution in [0.3, 0.4) is 0 Å². The summed E-state index contributed by atoms with van der Waals surface area (Å²) in [5, 5.41) is 0. The molecule has 1 aliphatic rings. The minimum absolute atomic E-state index is 0.143. The molecule has 0 bridgehead atoms. The molecule has 0 spiro atoms. The molecule has 0 amide bonds. The van der Waals surface area contributed by atoms with Crippen LogP contribution in [0.4, 0.5) is 0 Å². The zero-order valence-corrected chi connectivity index (χ0v) is 12.1. The molecule has 0 unspecified atom stereocenters. The summed E-state index contributed by atoms with van der Waals surface area (Å²) in [6.07, 6.45) is 9.02. The molecular weight excluding hydrogens is 220 g/mol. The topological polar surface area (TPSA) is 0 Å². The molecule has 0 aliphatic heterocycles. The molecular formula is C12H20SiTi. The maximum atomic E-state index is 4.22. The van der Waals surface area contributed by atoms with E-state index >= 15 is 0 Å². The van der Waals surface area contributed by atoms with Crippen LogP contribution in [0, 0.1) is 0 Å². The van der Waals surface area contributed by atoms with Gasteiger partial charge >= 0.3 is 98.3 Å². The van der Waals surface area contributed by atoms with E-state index in [4.69, 9.17) is 0 Å². The van der Waals surface area contributed by atoms with Crippen molar-refractivity contribution in [2.75, 3.05) is 0 Å². The quantitative estimate of drug-likeness (QED) is 0.496. The van der Waals surface area contributed by atoms with Gasteiger partial charge in [0.15, 0.2) is 0 Å². The molecule has 0 N–H and O–H groups in total. The van der Waals surface area contributed by atoms with Crippen LogP contribution in [0.1, 0.15) is 0 Å². The molecule has 0 nitrogen and oxygen atoms in total. The van der Waals surface area contributed by atoms with Gasteiger partial charge < -0.3 is 0 Å². The fraction of sp³-hybridized carbons (Fsp3) is 0.500. The Balaban J connectivity index is 2.21. The van der Waals surface area contributed by atoms with Crippen LogP contribution in [0.2, 0.25) is 34.6 Å². The monoisotopic (exact) mass is 240 g/mol. The molecule has 0 aromatic carbocycles. The molecule has 2 heteroatoms. The Morgan fingerprint density at radius 3 is 2.36 bits per heavy atom. The molecule has 0 saturated carbocycles. The van der Waals surface area contributed by atoms with Gasteiger partial charge in [-0.2, -0.15) is 0 Å². The van der Waals surface area contributed by atoms with E-state index in [1.165, 1.54) is 16.3 Å². The van der Waals surface area contributed by atoms with Crippen LogP contribution in [-0.2, 0) is 19.2 Å². The van der Waals surface area contributed by atoms with Crippen molar-refractivity contribution in [1.29, 1.82) is 0 Å². The summed E-state index contributed by atoms with van der Waals surface area (Å²) < 4.78 is 2.12. The van der Waals surface area contributed by atoms with Crippen LogP contribution in [0.5, 0.6) is 0 Å². The molecule has 1 aliphatic carbocycles. The number of hydrogen-bond donors (Lipinski definition) is 0. The van der Waals surface area contributed by atoms with E-state index in [0.29, 0.717) is 0 Å². The summed E-state index contributed by atoms with van der Waals surface area (Å²) in [5.74, 6) is 0. The Bertz CT molecular complexity index is 246. The Hall–Kier alpha value is 0.151. The van der Waals surface area contributed by atoms with Crippen molar-refractivity contribution in [2.45, 2.75) is 34.6 Å². The van der Waals surface area contributed by atoms with Crippen molar-refractivity contribution < 1.29 is 19.2 Å². The molecule has 0 fully saturated rings. The molecule has 76 valence electrons. The molecule has 0 aromatic rings. The van der Waals surface area contributed by atoms with E-state index < -0.39 is 8.07 Å². The van der Waals surface area contributed by atoms with Gasteiger partial charge in [0.25, 0.3) is 0 Å². The second-order valence-electron chi connectivity index (χ2n) is 5.16. The van der Waals surface area contributed by atoms with E-state index in [1.807, 2.05) is 0 Å². The Labute approximate surface area is 98.1 Å². The first-order chi connectivity index (χ1) is 6.47. The number of rotatable bonds is 5. The zero-order valence-electron chi connectivity index (χ0n) is 9.51. The summed E-state index contributed by atoms with van der Waals surface area (Å²) in [7, 11) is -0.913. The zero-order chi connectivity index (χ0) is 10.6. The van der Waals surface area contributed by atoms with Gasteiger partial charge in [-0.15, -0.1) is 0 Å². The maximum absolute atomic E-state index is 4.22. The average Bonchev–Trinajstić information content (AvgIpc) is 2.49. The minimum atomic E-state index is -0.913. The van der Waals surface area contributed by atoms with Gasteiger partial charge in [0.2, 0.25) is 0 Å². The third-order valence-corrected chi connectivity index (χ3v) is 6.11. The van der Waals surface area contributed by atoms with Gasteiger partial charge in [0.05, 0.1) is 0 Å². The van der Waals surface area contributed by atoms with Crippen LogP contribution >= 0.6 is 0 Å². The summed E-state index contributed by atoms with van der Waals surface area (Å²) in [5.41, 5.74) is 1.51. The van der Waals surface area contributed by atoms with Crippen molar-refractivity contribution in [3.63, 3.8) is 0 Å². The molecule has 0 aromatic heterocycles. The normalized spacial score (nSPS) is 16.2. The van der Waals surface area contributed by atoms with Crippen molar-refractivity contribution in [3.8, 4) is 0 Å². The standard InChI is InChI=1S/C7H15Si.C5H5.Ti/c1-7(2)6-8(3,4)5;1-2-4-5-3-1;/h1-2,6H2,3-5H3;1-5H;. The van der Waals surface area contributed by atoms with Gasteiger partial charge in [-0.25, -0.2) is 0 Å². The molecule has 0 radical (unpaired) electrons. The van der Waals surface area contributed by atoms with E-state index in [1.54, 1.807) is 0 Å². The first-order valence-electron chi connectivity index (χ1n) is 5.22. The number of hydrogen-bond acceptors (Lipinski definition) is 0. The number of allylic oxidation sites excluding steroid dienone is 5. The predicted octanol–water partition coefficient (Wildman–Crippen LogP) is 4.30. The third-order valence-electron chi connectivity index (χ3n) is 2.12. The predicted molar refractivity (Wildman–Crippen MR) is 64.1 cm³/mol. The first kappa shape index (κ1) is 12.2. The summed E-state index contributed by atoms with van der Waals surface area (Å²) in [6, 6.07) is 1.32. The van der Waals surface area contributed by atoms with Crippen LogP contribution in [0.25, 0.3) is 0 Å². The van der Waals surface area contributed by atoms with E-state index in [0.717, 1.165) is 4.22 Å². The third kappa shape index (κ3) is 5.14. The molecule has 0 heterocycles. The fourth-order valence-corrected chi connectivity index (χ4v) is 5.44. The average molecular weight is 240 g/mol. The Morgan fingerprint density at radius 2 is 1.86 bits per heavy atom. The van der Waals surface area contributed by atoms with Crippen LogP contribution in [-0.4, -0.2) is 8.07 Å². The van der Waals surface area contributed by atoms with Crippen molar-refractivity contribution in [3.05, 3.63) is 36.5 Å². The molecule has 0 atom stereocenters. The van der Waals surface area contributed by atoms with Gasteiger partial charge in [-0.3, -0.25) is 0 Å².